The highest BCUT2D eigenvalue weighted by Gasteiger charge is 2.15. The zero-order valence-corrected chi connectivity index (χ0v) is 13.4. The molecule has 0 saturated carbocycles. The normalized spacial score (nSPS) is 11.0. The lowest BCUT2D eigenvalue weighted by Crippen LogP contribution is -2.20. The second-order valence-corrected chi connectivity index (χ2v) is 6.02. The molecule has 2 rings (SSSR count). The Labute approximate surface area is 135 Å². The van der Waals surface area contributed by atoms with Crippen molar-refractivity contribution in [3.05, 3.63) is 48.0 Å². The van der Waals surface area contributed by atoms with Gasteiger partial charge in [0.25, 0.3) is 0 Å². The Bertz CT molecular complexity index is 675. The van der Waals surface area contributed by atoms with Gasteiger partial charge < -0.3 is 27.2 Å². The molecule has 0 aromatic heterocycles. The van der Waals surface area contributed by atoms with Crippen LogP contribution < -0.4 is 22.1 Å². The predicted octanol–water partition coefficient (Wildman–Crippen LogP) is 2.89. The van der Waals surface area contributed by atoms with E-state index < -0.39 is 5.60 Å². The Kier molecular flexibility index (Phi) is 4.54. The number of hydrogen-bond donors (Lipinski definition) is 5. The molecule has 7 N–H and O–H groups in total. The van der Waals surface area contributed by atoms with Gasteiger partial charge in [-0.05, 0) is 62.0 Å². The molecule has 0 heterocycles. The second kappa shape index (κ2) is 6.21. The lowest BCUT2D eigenvalue weighted by molar-refractivity contribution is 0.0786. The molecule has 0 fully saturated rings. The number of benzene rings is 2. The molecular formula is C16H20N4OS. The molecule has 22 heavy (non-hydrogen) atoms. The fourth-order valence-electron chi connectivity index (χ4n) is 2.02. The molecule has 0 aliphatic carbocycles. The van der Waals surface area contributed by atoms with E-state index in [0.29, 0.717) is 22.2 Å². The maximum absolute atomic E-state index is 10.0. The quantitative estimate of drug-likeness (QED) is 0.441. The molecule has 116 valence electrons. The Morgan fingerprint density at radius 2 is 1.59 bits per heavy atom. The summed E-state index contributed by atoms with van der Waals surface area (Å²) >= 11 is 5.27. The second-order valence-electron chi connectivity index (χ2n) is 5.61. The van der Waals surface area contributed by atoms with Crippen molar-refractivity contribution in [3.63, 3.8) is 0 Å². The lowest BCUT2D eigenvalue weighted by atomic mass is 9.98. The van der Waals surface area contributed by atoms with Crippen LogP contribution >= 0.6 is 12.2 Å². The highest BCUT2D eigenvalue weighted by Crippen LogP contribution is 2.23. The van der Waals surface area contributed by atoms with Crippen LogP contribution in [0.3, 0.4) is 0 Å². The number of nitrogen functional groups attached to an aromatic ring is 2. The van der Waals surface area contributed by atoms with Gasteiger partial charge in [0.2, 0.25) is 0 Å². The van der Waals surface area contributed by atoms with Crippen LogP contribution in [0.5, 0.6) is 0 Å². The molecule has 0 unspecified atom stereocenters. The first-order chi connectivity index (χ1) is 10.2. The topological polar surface area (TPSA) is 96.3 Å². The summed E-state index contributed by atoms with van der Waals surface area (Å²) < 4.78 is 0. The van der Waals surface area contributed by atoms with Crippen molar-refractivity contribution in [3.8, 4) is 0 Å². The average molecular weight is 316 g/mol. The minimum atomic E-state index is -0.908. The number of aliphatic hydroxyl groups is 1. The van der Waals surface area contributed by atoms with Gasteiger partial charge in [0.15, 0.2) is 5.11 Å². The van der Waals surface area contributed by atoms with Gasteiger partial charge >= 0.3 is 0 Å². The molecule has 0 saturated heterocycles. The van der Waals surface area contributed by atoms with Gasteiger partial charge in [-0.1, -0.05) is 12.1 Å². The summed E-state index contributed by atoms with van der Waals surface area (Å²) in [5.74, 6) is 0. The van der Waals surface area contributed by atoms with Crippen LogP contribution in [0.25, 0.3) is 0 Å². The highest BCUT2D eigenvalue weighted by molar-refractivity contribution is 7.80. The zero-order valence-electron chi connectivity index (χ0n) is 12.6. The molecule has 0 aliphatic rings. The smallest absolute Gasteiger partial charge is 0.175 e. The number of rotatable bonds is 3. The minimum absolute atomic E-state index is 0.415. The third-order valence-electron chi connectivity index (χ3n) is 3.06. The molecule has 0 spiro atoms. The number of anilines is 4. The standard InChI is InChI=1S/C16H20N4OS/c1-16(2,21)10-4-3-5-13(6-10)19-15(22)20-14-8-11(17)7-12(18)9-14/h3-9,21H,17-18H2,1-2H3,(H2,19,20,22). The van der Waals surface area contributed by atoms with Crippen molar-refractivity contribution in [2.75, 3.05) is 22.1 Å². The molecular weight excluding hydrogens is 296 g/mol. The van der Waals surface area contributed by atoms with Crippen molar-refractivity contribution < 1.29 is 5.11 Å². The number of nitrogens with one attached hydrogen (secondary N) is 2. The Balaban J connectivity index is 2.09. The molecule has 0 radical (unpaired) electrons. The number of thiocarbonyl (C=S) groups is 1. The van der Waals surface area contributed by atoms with Crippen LogP contribution in [0.2, 0.25) is 0 Å². The van der Waals surface area contributed by atoms with Gasteiger partial charge in [-0.25, -0.2) is 0 Å². The Hall–Kier alpha value is -2.31. The summed E-state index contributed by atoms with van der Waals surface area (Å²) in [7, 11) is 0. The monoisotopic (exact) mass is 316 g/mol. The summed E-state index contributed by atoms with van der Waals surface area (Å²) in [6.45, 7) is 3.47. The van der Waals surface area contributed by atoms with Crippen LogP contribution in [0.4, 0.5) is 22.7 Å². The van der Waals surface area contributed by atoms with E-state index in [0.717, 1.165) is 11.3 Å². The van der Waals surface area contributed by atoms with Crippen molar-refractivity contribution in [1.29, 1.82) is 0 Å². The van der Waals surface area contributed by atoms with Crippen LogP contribution in [0.1, 0.15) is 19.4 Å². The van der Waals surface area contributed by atoms with Crippen molar-refractivity contribution >= 4 is 40.1 Å². The van der Waals surface area contributed by atoms with Crippen molar-refractivity contribution in [2.24, 2.45) is 0 Å². The van der Waals surface area contributed by atoms with E-state index in [9.17, 15) is 5.11 Å². The molecule has 0 amide bonds. The van der Waals surface area contributed by atoms with Gasteiger partial charge in [0.05, 0.1) is 5.60 Å². The minimum Gasteiger partial charge on any atom is -0.399 e. The first-order valence-corrected chi connectivity index (χ1v) is 7.22. The fourth-order valence-corrected chi connectivity index (χ4v) is 2.26. The number of hydrogen-bond acceptors (Lipinski definition) is 4. The largest absolute Gasteiger partial charge is 0.399 e. The van der Waals surface area contributed by atoms with Gasteiger partial charge in [0, 0.05) is 22.7 Å². The van der Waals surface area contributed by atoms with E-state index >= 15 is 0 Å². The first kappa shape index (κ1) is 16.1. The first-order valence-electron chi connectivity index (χ1n) is 6.81. The molecule has 2 aromatic rings. The van der Waals surface area contributed by atoms with Gasteiger partial charge in [0.1, 0.15) is 0 Å². The maximum atomic E-state index is 10.0. The highest BCUT2D eigenvalue weighted by atomic mass is 32.1. The van der Waals surface area contributed by atoms with Gasteiger partial charge in [-0.3, -0.25) is 0 Å². The van der Waals surface area contributed by atoms with Crippen LogP contribution in [-0.2, 0) is 5.60 Å². The van der Waals surface area contributed by atoms with Crippen molar-refractivity contribution in [2.45, 2.75) is 19.4 Å². The van der Waals surface area contributed by atoms with E-state index in [1.807, 2.05) is 24.3 Å². The van der Waals surface area contributed by atoms with Crippen molar-refractivity contribution in [1.82, 2.24) is 0 Å². The average Bonchev–Trinajstić information content (AvgIpc) is 2.36. The molecule has 0 bridgehead atoms. The summed E-state index contributed by atoms with van der Waals surface area (Å²) in [5, 5.41) is 16.6. The molecule has 0 aliphatic heterocycles. The van der Waals surface area contributed by atoms with Gasteiger partial charge in [-0.2, -0.15) is 0 Å². The molecule has 0 atom stereocenters. The van der Waals surface area contributed by atoms with Crippen LogP contribution in [0, 0.1) is 0 Å². The molecule has 2 aromatic carbocycles. The third kappa shape index (κ3) is 4.34. The maximum Gasteiger partial charge on any atom is 0.175 e. The summed E-state index contributed by atoms with van der Waals surface area (Å²) in [6, 6.07) is 12.6. The van der Waals surface area contributed by atoms with Crippen LogP contribution in [0.15, 0.2) is 42.5 Å². The summed E-state index contributed by atoms with van der Waals surface area (Å²) in [6.07, 6.45) is 0. The summed E-state index contributed by atoms with van der Waals surface area (Å²) in [4.78, 5) is 0. The molecule has 6 heteroatoms. The van der Waals surface area contributed by atoms with E-state index in [2.05, 4.69) is 10.6 Å². The fraction of sp³-hybridized carbons (Fsp3) is 0.188. The van der Waals surface area contributed by atoms with E-state index in [4.69, 9.17) is 23.7 Å². The van der Waals surface area contributed by atoms with E-state index in [1.165, 1.54) is 0 Å². The number of nitrogens with two attached hydrogens (primary N) is 2. The van der Waals surface area contributed by atoms with Crippen LogP contribution in [-0.4, -0.2) is 10.2 Å². The van der Waals surface area contributed by atoms with E-state index in [-0.39, 0.29) is 0 Å². The Morgan fingerprint density at radius 3 is 2.18 bits per heavy atom. The Morgan fingerprint density at radius 1 is 1.00 bits per heavy atom. The summed E-state index contributed by atoms with van der Waals surface area (Å²) in [5.41, 5.74) is 14.0. The lowest BCUT2D eigenvalue weighted by Gasteiger charge is -2.19. The van der Waals surface area contributed by atoms with Gasteiger partial charge in [-0.15, -0.1) is 0 Å². The van der Waals surface area contributed by atoms with E-state index in [1.54, 1.807) is 32.0 Å². The third-order valence-corrected chi connectivity index (χ3v) is 3.27. The predicted molar refractivity (Wildman–Crippen MR) is 96.8 cm³/mol. The zero-order chi connectivity index (χ0) is 16.3. The SMILES string of the molecule is CC(C)(O)c1cccc(NC(=S)Nc2cc(N)cc(N)c2)c1. The molecule has 5 nitrogen and oxygen atoms in total.